The van der Waals surface area contributed by atoms with Gasteiger partial charge in [0, 0.05) is 18.4 Å². The lowest BCUT2D eigenvalue weighted by molar-refractivity contribution is -0.114. The predicted molar refractivity (Wildman–Crippen MR) is 56.8 cm³/mol. The van der Waals surface area contributed by atoms with Gasteiger partial charge in [-0.2, -0.15) is 0 Å². The second kappa shape index (κ2) is 4.82. The summed E-state index contributed by atoms with van der Waals surface area (Å²) in [5.74, 6) is 3.90. The van der Waals surface area contributed by atoms with Crippen molar-refractivity contribution in [2.24, 2.45) is 5.73 Å². The van der Waals surface area contributed by atoms with Gasteiger partial charge in [0.15, 0.2) is 0 Å². The van der Waals surface area contributed by atoms with E-state index in [2.05, 4.69) is 17.2 Å². The normalized spacial score (nSPS) is 8.60. The average Bonchev–Trinajstić information content (AvgIpc) is 2.15. The van der Waals surface area contributed by atoms with Gasteiger partial charge in [0.2, 0.25) is 5.91 Å². The molecule has 0 saturated carbocycles. The van der Waals surface area contributed by atoms with E-state index in [9.17, 15) is 9.59 Å². The van der Waals surface area contributed by atoms with Crippen molar-refractivity contribution in [3.63, 3.8) is 0 Å². The van der Waals surface area contributed by atoms with Crippen LogP contribution in [0.25, 0.3) is 0 Å². The van der Waals surface area contributed by atoms with E-state index in [-0.39, 0.29) is 5.91 Å². The molecule has 0 aliphatic heterocycles. The Morgan fingerprint density at radius 1 is 1.33 bits per heavy atom. The van der Waals surface area contributed by atoms with E-state index in [1.165, 1.54) is 6.92 Å². The third kappa shape index (κ3) is 3.53. The first-order chi connectivity index (χ1) is 7.09. The fourth-order valence-corrected chi connectivity index (χ4v) is 1.02. The molecule has 1 aromatic rings. The second-order valence-electron chi connectivity index (χ2n) is 2.84. The molecule has 0 bridgehead atoms. The second-order valence-corrected chi connectivity index (χ2v) is 2.84. The third-order valence-corrected chi connectivity index (χ3v) is 1.56. The first-order valence-corrected chi connectivity index (χ1v) is 4.27. The van der Waals surface area contributed by atoms with Gasteiger partial charge in [-0.3, -0.25) is 9.59 Å². The molecule has 0 saturated heterocycles. The number of rotatable bonds is 1. The van der Waals surface area contributed by atoms with Crippen molar-refractivity contribution in [2.75, 3.05) is 5.32 Å². The number of carbonyl (C=O) groups excluding carboxylic acids is 2. The topological polar surface area (TPSA) is 72.2 Å². The van der Waals surface area contributed by atoms with Crippen LogP contribution in [0.5, 0.6) is 0 Å². The zero-order valence-electron chi connectivity index (χ0n) is 8.20. The van der Waals surface area contributed by atoms with Crippen LogP contribution < -0.4 is 11.1 Å². The number of anilines is 1. The SMILES string of the molecule is CC(=O)Nc1ccccc1C#CC(N)=O. The summed E-state index contributed by atoms with van der Waals surface area (Å²) in [7, 11) is 0. The van der Waals surface area contributed by atoms with Crippen molar-refractivity contribution in [3.05, 3.63) is 29.8 Å². The van der Waals surface area contributed by atoms with Gasteiger partial charge in [-0.15, -0.1) is 0 Å². The predicted octanol–water partition coefficient (Wildman–Crippen LogP) is 0.482. The van der Waals surface area contributed by atoms with Crippen molar-refractivity contribution >= 4 is 17.5 Å². The molecular formula is C11H10N2O2. The summed E-state index contributed by atoms with van der Waals surface area (Å²) in [6.07, 6.45) is 0. The van der Waals surface area contributed by atoms with Crippen LogP contribution >= 0.6 is 0 Å². The lowest BCUT2D eigenvalue weighted by atomic mass is 10.2. The van der Waals surface area contributed by atoms with Crippen LogP contribution in [-0.4, -0.2) is 11.8 Å². The van der Waals surface area contributed by atoms with Crippen molar-refractivity contribution in [1.29, 1.82) is 0 Å². The molecule has 0 radical (unpaired) electrons. The molecular weight excluding hydrogens is 192 g/mol. The minimum absolute atomic E-state index is 0.191. The number of amides is 2. The van der Waals surface area contributed by atoms with E-state index in [1.54, 1.807) is 24.3 Å². The minimum atomic E-state index is -0.701. The summed E-state index contributed by atoms with van der Waals surface area (Å²) in [6, 6.07) is 6.92. The standard InChI is InChI=1S/C11H10N2O2/c1-8(14)13-10-5-3-2-4-9(10)6-7-11(12)15/h2-5H,1H3,(H2,12,15)(H,13,14). The number of nitrogens with two attached hydrogens (primary N) is 1. The first-order valence-electron chi connectivity index (χ1n) is 4.27. The van der Waals surface area contributed by atoms with Gasteiger partial charge < -0.3 is 11.1 Å². The summed E-state index contributed by atoms with van der Waals surface area (Å²) < 4.78 is 0. The molecule has 76 valence electrons. The molecule has 1 rings (SSSR count). The molecule has 0 spiro atoms. The van der Waals surface area contributed by atoms with Crippen LogP contribution in [0, 0.1) is 11.8 Å². The highest BCUT2D eigenvalue weighted by Crippen LogP contribution is 2.13. The van der Waals surface area contributed by atoms with Gasteiger partial charge in [0.1, 0.15) is 0 Å². The molecule has 0 fully saturated rings. The van der Waals surface area contributed by atoms with Crippen LogP contribution in [0.15, 0.2) is 24.3 Å². The number of para-hydroxylation sites is 1. The first kappa shape index (κ1) is 10.8. The summed E-state index contributed by atoms with van der Waals surface area (Å²) in [5.41, 5.74) is 6.02. The highest BCUT2D eigenvalue weighted by molar-refractivity contribution is 5.94. The Labute approximate surface area is 87.5 Å². The Balaban J connectivity index is 3.02. The van der Waals surface area contributed by atoms with Crippen molar-refractivity contribution in [2.45, 2.75) is 6.92 Å². The molecule has 0 atom stereocenters. The number of nitrogens with one attached hydrogen (secondary N) is 1. The molecule has 15 heavy (non-hydrogen) atoms. The Hall–Kier alpha value is -2.28. The number of hydrogen-bond donors (Lipinski definition) is 2. The summed E-state index contributed by atoms with van der Waals surface area (Å²) in [5, 5.41) is 2.60. The lowest BCUT2D eigenvalue weighted by Crippen LogP contribution is -2.08. The van der Waals surface area contributed by atoms with E-state index in [0.717, 1.165) is 0 Å². The highest BCUT2D eigenvalue weighted by Gasteiger charge is 1.99. The van der Waals surface area contributed by atoms with Crippen molar-refractivity contribution < 1.29 is 9.59 Å². The maximum atomic E-state index is 10.9. The van der Waals surface area contributed by atoms with Gasteiger partial charge in [-0.05, 0) is 12.1 Å². The monoisotopic (exact) mass is 202 g/mol. The van der Waals surface area contributed by atoms with Crippen LogP contribution in [0.4, 0.5) is 5.69 Å². The maximum absolute atomic E-state index is 10.9. The van der Waals surface area contributed by atoms with Crippen LogP contribution in [0.2, 0.25) is 0 Å². The van der Waals surface area contributed by atoms with E-state index >= 15 is 0 Å². The molecule has 0 aliphatic rings. The van der Waals surface area contributed by atoms with Gasteiger partial charge in [-0.1, -0.05) is 18.1 Å². The van der Waals surface area contributed by atoms with E-state index in [1.807, 2.05) is 0 Å². The quantitative estimate of drug-likeness (QED) is 0.650. The van der Waals surface area contributed by atoms with Crippen molar-refractivity contribution in [1.82, 2.24) is 0 Å². The van der Waals surface area contributed by atoms with Crippen molar-refractivity contribution in [3.8, 4) is 11.8 Å². The number of hydrogen-bond acceptors (Lipinski definition) is 2. The fraction of sp³-hybridized carbons (Fsp3) is 0.0909. The third-order valence-electron chi connectivity index (χ3n) is 1.56. The summed E-state index contributed by atoms with van der Waals surface area (Å²) in [6.45, 7) is 1.40. The molecule has 3 N–H and O–H groups in total. The van der Waals surface area contributed by atoms with Gasteiger partial charge in [0.05, 0.1) is 5.69 Å². The van der Waals surface area contributed by atoms with Gasteiger partial charge in [0.25, 0.3) is 5.91 Å². The number of benzene rings is 1. The number of primary amides is 1. The zero-order chi connectivity index (χ0) is 11.3. The lowest BCUT2D eigenvalue weighted by Gasteiger charge is -2.03. The van der Waals surface area contributed by atoms with Crippen LogP contribution in [-0.2, 0) is 9.59 Å². The average molecular weight is 202 g/mol. The Bertz CT molecular complexity index is 455. The van der Waals surface area contributed by atoms with E-state index < -0.39 is 5.91 Å². The number of carbonyl (C=O) groups is 2. The molecule has 1 aromatic carbocycles. The maximum Gasteiger partial charge on any atom is 0.293 e. The molecule has 4 heteroatoms. The van der Waals surface area contributed by atoms with Gasteiger partial charge in [-0.25, -0.2) is 0 Å². The summed E-state index contributed by atoms with van der Waals surface area (Å²) >= 11 is 0. The largest absolute Gasteiger partial charge is 0.359 e. The fourth-order valence-electron chi connectivity index (χ4n) is 1.02. The van der Waals surface area contributed by atoms with E-state index in [4.69, 9.17) is 5.73 Å². The smallest absolute Gasteiger partial charge is 0.293 e. The minimum Gasteiger partial charge on any atom is -0.359 e. The summed E-state index contributed by atoms with van der Waals surface area (Å²) in [4.78, 5) is 21.3. The van der Waals surface area contributed by atoms with Gasteiger partial charge >= 0.3 is 0 Å². The van der Waals surface area contributed by atoms with Crippen LogP contribution in [0.3, 0.4) is 0 Å². The Kier molecular flexibility index (Phi) is 3.47. The molecule has 2 amide bonds. The molecule has 0 aromatic heterocycles. The highest BCUT2D eigenvalue weighted by atomic mass is 16.1. The molecule has 0 unspecified atom stereocenters. The Morgan fingerprint density at radius 3 is 2.60 bits per heavy atom. The zero-order valence-corrected chi connectivity index (χ0v) is 8.20. The molecule has 4 nitrogen and oxygen atoms in total. The van der Waals surface area contributed by atoms with Crippen LogP contribution in [0.1, 0.15) is 12.5 Å². The van der Waals surface area contributed by atoms with E-state index in [0.29, 0.717) is 11.3 Å². The molecule has 0 heterocycles. The molecule has 0 aliphatic carbocycles. The Morgan fingerprint density at radius 2 is 2.00 bits per heavy atom.